The Morgan fingerprint density at radius 2 is 1.51 bits per heavy atom. The van der Waals surface area contributed by atoms with Crippen molar-refractivity contribution in [3.05, 3.63) is 103 Å². The first kappa shape index (κ1) is 22.2. The number of carbonyl (C=O) groups is 3. The Kier molecular flexibility index (Phi) is 5.66. The van der Waals surface area contributed by atoms with E-state index in [2.05, 4.69) is 10.6 Å². The zero-order valence-corrected chi connectivity index (χ0v) is 19.0. The zero-order chi connectivity index (χ0) is 24.4. The molecular formula is C28H23N3O4. The van der Waals surface area contributed by atoms with Crippen LogP contribution in [-0.4, -0.2) is 29.3 Å². The normalized spacial score (nSPS) is 17.3. The second kappa shape index (κ2) is 8.95. The van der Waals surface area contributed by atoms with Crippen LogP contribution >= 0.6 is 0 Å². The molecule has 0 radical (unpaired) electrons. The Labute approximate surface area is 202 Å². The lowest BCUT2D eigenvalue weighted by atomic mass is 9.88. The molecule has 0 spiro atoms. The molecule has 7 heteroatoms. The first-order chi connectivity index (χ1) is 16.9. The number of amides is 4. The number of imide groups is 1. The molecule has 1 heterocycles. The molecule has 2 N–H and O–H groups in total. The fraction of sp³-hybridized carbons (Fsp3) is 0.107. The van der Waals surface area contributed by atoms with Crippen molar-refractivity contribution in [3.8, 4) is 11.5 Å². The van der Waals surface area contributed by atoms with Crippen LogP contribution in [0.5, 0.6) is 11.5 Å². The van der Waals surface area contributed by atoms with Crippen LogP contribution in [0.2, 0.25) is 0 Å². The lowest BCUT2D eigenvalue weighted by Crippen LogP contribution is -2.42. The summed E-state index contributed by atoms with van der Waals surface area (Å²) in [6.45, 7) is 1.27. The van der Waals surface area contributed by atoms with Crippen LogP contribution < -0.4 is 15.4 Å². The van der Waals surface area contributed by atoms with Crippen LogP contribution in [0, 0.1) is 0 Å². The standard InChI is InChI=1S/C28H23N3O4/c1-28(24-13-7-9-19-8-5-6-12-23(19)24)26(33)31(27(34)30-28)18-25(32)29-20-14-16-22(17-15-20)35-21-10-3-2-4-11-21/h2-17H,18H2,1H3,(H,29,32)(H,30,34). The number of hydrogen-bond acceptors (Lipinski definition) is 4. The minimum atomic E-state index is -1.27. The summed E-state index contributed by atoms with van der Waals surface area (Å²) < 4.78 is 5.75. The molecule has 5 rings (SSSR count). The highest BCUT2D eigenvalue weighted by molar-refractivity contribution is 6.11. The maximum atomic E-state index is 13.3. The monoisotopic (exact) mass is 465 g/mol. The molecule has 1 saturated heterocycles. The molecule has 1 aliphatic rings. The second-order valence-electron chi connectivity index (χ2n) is 8.46. The molecule has 4 amide bonds. The number of anilines is 1. The van der Waals surface area contributed by atoms with E-state index >= 15 is 0 Å². The number of para-hydroxylation sites is 1. The largest absolute Gasteiger partial charge is 0.457 e. The summed E-state index contributed by atoms with van der Waals surface area (Å²) in [5.74, 6) is 0.374. The summed E-state index contributed by atoms with van der Waals surface area (Å²) in [4.78, 5) is 39.7. The van der Waals surface area contributed by atoms with Crippen LogP contribution in [0.3, 0.4) is 0 Å². The Morgan fingerprint density at radius 1 is 0.857 bits per heavy atom. The quantitative estimate of drug-likeness (QED) is 0.391. The number of nitrogens with zero attached hydrogens (tertiary/aromatic N) is 1. The lowest BCUT2D eigenvalue weighted by molar-refractivity contribution is -0.133. The molecule has 174 valence electrons. The van der Waals surface area contributed by atoms with Gasteiger partial charge in [0.2, 0.25) is 5.91 Å². The number of fused-ring (bicyclic) bond motifs is 1. The Morgan fingerprint density at radius 3 is 2.29 bits per heavy atom. The minimum Gasteiger partial charge on any atom is -0.457 e. The molecule has 7 nitrogen and oxygen atoms in total. The zero-order valence-electron chi connectivity index (χ0n) is 19.0. The molecule has 35 heavy (non-hydrogen) atoms. The third kappa shape index (κ3) is 4.31. The van der Waals surface area contributed by atoms with Gasteiger partial charge in [0, 0.05) is 5.69 Å². The van der Waals surface area contributed by atoms with Crippen molar-refractivity contribution in [1.29, 1.82) is 0 Å². The number of carbonyl (C=O) groups excluding carboxylic acids is 3. The van der Waals surface area contributed by atoms with Gasteiger partial charge < -0.3 is 15.4 Å². The van der Waals surface area contributed by atoms with Crippen molar-refractivity contribution < 1.29 is 19.1 Å². The smallest absolute Gasteiger partial charge is 0.325 e. The van der Waals surface area contributed by atoms with E-state index in [4.69, 9.17) is 4.74 Å². The molecule has 1 unspecified atom stereocenters. The van der Waals surface area contributed by atoms with E-state index < -0.39 is 29.9 Å². The first-order valence-corrected chi connectivity index (χ1v) is 11.2. The molecule has 4 aromatic carbocycles. The average Bonchev–Trinajstić information content (AvgIpc) is 3.09. The van der Waals surface area contributed by atoms with E-state index in [-0.39, 0.29) is 0 Å². The highest BCUT2D eigenvalue weighted by atomic mass is 16.5. The van der Waals surface area contributed by atoms with Gasteiger partial charge in [-0.3, -0.25) is 14.5 Å². The number of ether oxygens (including phenoxy) is 1. The third-order valence-corrected chi connectivity index (χ3v) is 6.02. The fourth-order valence-electron chi connectivity index (χ4n) is 4.26. The molecule has 1 fully saturated rings. The average molecular weight is 466 g/mol. The van der Waals surface area contributed by atoms with E-state index in [1.165, 1.54) is 0 Å². The molecule has 4 aromatic rings. The molecule has 0 bridgehead atoms. The molecular weight excluding hydrogens is 442 g/mol. The maximum absolute atomic E-state index is 13.3. The van der Waals surface area contributed by atoms with Gasteiger partial charge in [0.05, 0.1) is 0 Å². The van der Waals surface area contributed by atoms with Gasteiger partial charge in [0.1, 0.15) is 23.6 Å². The highest BCUT2D eigenvalue weighted by Crippen LogP contribution is 2.33. The summed E-state index contributed by atoms with van der Waals surface area (Å²) in [6, 6.07) is 28.9. The van der Waals surface area contributed by atoms with Gasteiger partial charge in [-0.25, -0.2) is 4.79 Å². The summed E-state index contributed by atoms with van der Waals surface area (Å²) in [6.07, 6.45) is 0. The number of benzene rings is 4. The van der Waals surface area contributed by atoms with Crippen LogP contribution in [0.1, 0.15) is 12.5 Å². The molecule has 0 aromatic heterocycles. The van der Waals surface area contributed by atoms with Crippen LogP contribution in [-0.2, 0) is 15.1 Å². The fourth-order valence-corrected chi connectivity index (χ4v) is 4.26. The van der Waals surface area contributed by atoms with Gasteiger partial charge in [0.15, 0.2) is 0 Å². The van der Waals surface area contributed by atoms with Gasteiger partial charge in [-0.15, -0.1) is 0 Å². The van der Waals surface area contributed by atoms with Crippen molar-refractivity contribution in [2.24, 2.45) is 0 Å². The van der Waals surface area contributed by atoms with Crippen LogP contribution in [0.15, 0.2) is 97.1 Å². The van der Waals surface area contributed by atoms with Gasteiger partial charge in [-0.05, 0) is 59.7 Å². The molecule has 0 aliphatic carbocycles. The predicted octanol–water partition coefficient (Wildman–Crippen LogP) is 5.04. The third-order valence-electron chi connectivity index (χ3n) is 6.02. The van der Waals surface area contributed by atoms with Gasteiger partial charge >= 0.3 is 6.03 Å². The number of urea groups is 1. The minimum absolute atomic E-state index is 0.396. The Balaban J connectivity index is 1.27. The number of hydrogen-bond donors (Lipinski definition) is 2. The van der Waals surface area contributed by atoms with E-state index in [9.17, 15) is 14.4 Å². The molecule has 0 saturated carbocycles. The van der Waals surface area contributed by atoms with Crippen molar-refractivity contribution in [2.75, 3.05) is 11.9 Å². The van der Waals surface area contributed by atoms with E-state index in [1.807, 2.05) is 72.8 Å². The van der Waals surface area contributed by atoms with Crippen LogP contribution in [0.4, 0.5) is 10.5 Å². The maximum Gasteiger partial charge on any atom is 0.325 e. The topological polar surface area (TPSA) is 87.7 Å². The van der Waals surface area contributed by atoms with Crippen LogP contribution in [0.25, 0.3) is 10.8 Å². The van der Waals surface area contributed by atoms with Crippen molar-refractivity contribution in [2.45, 2.75) is 12.5 Å². The van der Waals surface area contributed by atoms with E-state index in [0.29, 0.717) is 22.7 Å². The van der Waals surface area contributed by atoms with Crippen molar-refractivity contribution in [3.63, 3.8) is 0 Å². The number of rotatable bonds is 6. The second-order valence-corrected chi connectivity index (χ2v) is 8.46. The van der Waals surface area contributed by atoms with E-state index in [1.54, 1.807) is 31.2 Å². The van der Waals surface area contributed by atoms with Gasteiger partial charge in [-0.1, -0.05) is 60.7 Å². The molecule has 1 atom stereocenters. The van der Waals surface area contributed by atoms with E-state index in [0.717, 1.165) is 15.7 Å². The lowest BCUT2D eigenvalue weighted by Gasteiger charge is -2.24. The van der Waals surface area contributed by atoms with Crippen molar-refractivity contribution in [1.82, 2.24) is 10.2 Å². The molecule has 1 aliphatic heterocycles. The Hall–Kier alpha value is -4.65. The van der Waals surface area contributed by atoms with Crippen molar-refractivity contribution >= 4 is 34.3 Å². The first-order valence-electron chi connectivity index (χ1n) is 11.2. The summed E-state index contributed by atoms with van der Waals surface area (Å²) >= 11 is 0. The summed E-state index contributed by atoms with van der Waals surface area (Å²) in [7, 11) is 0. The van der Waals surface area contributed by atoms with Gasteiger partial charge in [-0.2, -0.15) is 0 Å². The summed E-state index contributed by atoms with van der Waals surface area (Å²) in [5, 5.41) is 7.34. The number of nitrogens with one attached hydrogen (secondary N) is 2. The SMILES string of the molecule is CC1(c2cccc3ccccc23)NC(=O)N(CC(=O)Nc2ccc(Oc3ccccc3)cc2)C1=O. The summed E-state index contributed by atoms with van der Waals surface area (Å²) in [5.41, 5.74) is -0.0561. The highest BCUT2D eigenvalue weighted by Gasteiger charge is 2.50. The predicted molar refractivity (Wildman–Crippen MR) is 133 cm³/mol. The Bertz CT molecular complexity index is 1410. The van der Waals surface area contributed by atoms with Gasteiger partial charge in [0.25, 0.3) is 5.91 Å².